The van der Waals surface area contributed by atoms with E-state index in [1.165, 1.54) is 5.56 Å². The highest BCUT2D eigenvalue weighted by atomic mass is 35.5. The fraction of sp³-hybridized carbons (Fsp3) is 0.312. The monoisotopic (exact) mass is 302 g/mol. The molecule has 2 atom stereocenters. The van der Waals surface area contributed by atoms with Crippen LogP contribution in [-0.4, -0.2) is 24.0 Å². The number of carbonyl (C=O) groups is 1. The van der Waals surface area contributed by atoms with Crippen molar-refractivity contribution in [2.24, 2.45) is 0 Å². The van der Waals surface area contributed by atoms with Crippen LogP contribution in [0.15, 0.2) is 30.0 Å². The lowest BCUT2D eigenvalue weighted by molar-refractivity contribution is -0.149. The van der Waals surface area contributed by atoms with E-state index in [9.17, 15) is 4.79 Å². The van der Waals surface area contributed by atoms with Gasteiger partial charge in [0.2, 0.25) is 0 Å². The maximum absolute atomic E-state index is 12.0. The van der Waals surface area contributed by atoms with E-state index in [1.807, 2.05) is 31.5 Å². The average molecular weight is 303 g/mol. The van der Waals surface area contributed by atoms with Crippen molar-refractivity contribution in [3.8, 4) is 0 Å². The van der Waals surface area contributed by atoms with Crippen molar-refractivity contribution in [2.75, 3.05) is 7.05 Å². The molecule has 2 aliphatic rings. The number of esters is 1. The van der Waals surface area contributed by atoms with Gasteiger partial charge in [0.1, 0.15) is 0 Å². The Balaban J connectivity index is 2.07. The summed E-state index contributed by atoms with van der Waals surface area (Å²) in [4.78, 5) is 15.2. The molecule has 2 aromatic rings. The van der Waals surface area contributed by atoms with E-state index in [0.29, 0.717) is 10.6 Å². The molecule has 4 nitrogen and oxygen atoms in total. The van der Waals surface area contributed by atoms with Gasteiger partial charge in [-0.1, -0.05) is 17.7 Å². The van der Waals surface area contributed by atoms with Crippen LogP contribution in [0.2, 0.25) is 5.02 Å². The molecular weight excluding hydrogens is 288 g/mol. The first-order valence-corrected chi connectivity index (χ1v) is 7.33. The third-order valence-corrected chi connectivity index (χ3v) is 4.91. The molecule has 2 heterocycles. The summed E-state index contributed by atoms with van der Waals surface area (Å²) >= 11 is 6.28. The molecule has 5 heteroatoms. The summed E-state index contributed by atoms with van der Waals surface area (Å²) in [5.74, 6) is -0.252. The molecule has 0 radical (unpaired) electrons. The second-order valence-electron chi connectivity index (χ2n) is 5.71. The van der Waals surface area contributed by atoms with Crippen LogP contribution in [0.3, 0.4) is 0 Å². The lowest BCUT2D eigenvalue weighted by Crippen LogP contribution is -2.50. The van der Waals surface area contributed by atoms with Gasteiger partial charge in [0.15, 0.2) is 5.60 Å². The van der Waals surface area contributed by atoms with Gasteiger partial charge >= 0.3 is 5.97 Å². The molecule has 1 aromatic heterocycles. The first kappa shape index (κ1) is 12.9. The van der Waals surface area contributed by atoms with Gasteiger partial charge in [-0.15, -0.1) is 0 Å². The molecule has 1 aliphatic carbocycles. The molecule has 21 heavy (non-hydrogen) atoms. The number of nitrogens with one attached hydrogen (secondary N) is 2. The van der Waals surface area contributed by atoms with Crippen molar-refractivity contribution in [2.45, 2.75) is 25.0 Å². The molecule has 0 fully saturated rings. The number of rotatable bonds is 1. The summed E-state index contributed by atoms with van der Waals surface area (Å²) in [6.45, 7) is 1.80. The first-order valence-electron chi connectivity index (χ1n) is 6.96. The normalized spacial score (nSPS) is 27.3. The highest BCUT2D eigenvalue weighted by Crippen LogP contribution is 2.47. The largest absolute Gasteiger partial charge is 0.445 e. The van der Waals surface area contributed by atoms with E-state index in [4.69, 9.17) is 16.3 Å². The zero-order chi connectivity index (χ0) is 14.8. The minimum Gasteiger partial charge on any atom is -0.445 e. The number of aromatic nitrogens is 1. The number of halogens is 1. The van der Waals surface area contributed by atoms with E-state index >= 15 is 0 Å². The summed E-state index contributed by atoms with van der Waals surface area (Å²) in [5, 5.41) is 5.06. The fourth-order valence-electron chi connectivity index (χ4n) is 3.59. The number of H-pyrrole nitrogens is 1. The van der Waals surface area contributed by atoms with Gasteiger partial charge in [-0.2, -0.15) is 0 Å². The third kappa shape index (κ3) is 1.52. The summed E-state index contributed by atoms with van der Waals surface area (Å²) < 4.78 is 5.81. The lowest BCUT2D eigenvalue weighted by atomic mass is 9.76. The van der Waals surface area contributed by atoms with Crippen LogP contribution < -0.4 is 5.32 Å². The summed E-state index contributed by atoms with van der Waals surface area (Å²) in [7, 11) is 1.90. The number of likely N-dealkylation sites (N-methyl/N-ethyl adjacent to an activating group) is 1. The molecule has 1 aromatic carbocycles. The van der Waals surface area contributed by atoms with Gasteiger partial charge in [0, 0.05) is 22.7 Å². The molecule has 0 saturated carbocycles. The molecular formula is C16H15ClN2O2. The van der Waals surface area contributed by atoms with E-state index in [-0.39, 0.29) is 12.0 Å². The molecule has 0 saturated heterocycles. The molecule has 1 aliphatic heterocycles. The Labute approximate surface area is 127 Å². The Kier molecular flexibility index (Phi) is 2.53. The van der Waals surface area contributed by atoms with Crippen molar-refractivity contribution in [3.05, 3.63) is 46.1 Å². The van der Waals surface area contributed by atoms with E-state index in [2.05, 4.69) is 10.3 Å². The van der Waals surface area contributed by atoms with E-state index in [0.717, 1.165) is 22.9 Å². The number of hydrogen-bond acceptors (Lipinski definition) is 3. The Morgan fingerprint density at radius 2 is 2.29 bits per heavy atom. The second-order valence-corrected chi connectivity index (χ2v) is 6.12. The second kappa shape index (κ2) is 4.12. The Bertz CT molecular complexity index is 808. The summed E-state index contributed by atoms with van der Waals surface area (Å²) in [6.07, 6.45) is 4.71. The molecule has 2 N–H and O–H groups in total. The first-order chi connectivity index (χ1) is 10.1. The lowest BCUT2D eigenvalue weighted by Gasteiger charge is -2.39. The zero-order valence-corrected chi connectivity index (χ0v) is 12.5. The highest BCUT2D eigenvalue weighted by molar-refractivity contribution is 6.35. The van der Waals surface area contributed by atoms with Crippen molar-refractivity contribution < 1.29 is 9.53 Å². The minimum atomic E-state index is -0.742. The quantitative estimate of drug-likeness (QED) is 0.796. The van der Waals surface area contributed by atoms with Crippen LogP contribution in [0.5, 0.6) is 0 Å². The zero-order valence-electron chi connectivity index (χ0n) is 11.8. The minimum absolute atomic E-state index is 0.00609. The molecule has 0 bridgehead atoms. The molecule has 0 amide bonds. The van der Waals surface area contributed by atoms with Crippen molar-refractivity contribution in [1.82, 2.24) is 10.3 Å². The fourth-order valence-corrected chi connectivity index (χ4v) is 3.81. The predicted octanol–water partition coefficient (Wildman–Crippen LogP) is 2.66. The Hall–Kier alpha value is -1.78. The Morgan fingerprint density at radius 1 is 1.48 bits per heavy atom. The van der Waals surface area contributed by atoms with Gasteiger partial charge in [0.25, 0.3) is 0 Å². The number of benzene rings is 1. The molecule has 108 valence electrons. The van der Waals surface area contributed by atoms with Crippen LogP contribution in [0.25, 0.3) is 10.9 Å². The predicted molar refractivity (Wildman–Crippen MR) is 81.4 cm³/mol. The maximum atomic E-state index is 12.0. The van der Waals surface area contributed by atoms with Gasteiger partial charge in [0.05, 0.1) is 16.6 Å². The summed E-state index contributed by atoms with van der Waals surface area (Å²) in [5.41, 5.74) is 3.01. The van der Waals surface area contributed by atoms with Crippen molar-refractivity contribution >= 4 is 28.5 Å². The smallest absolute Gasteiger partial charge is 0.334 e. The van der Waals surface area contributed by atoms with E-state index in [1.54, 1.807) is 6.92 Å². The van der Waals surface area contributed by atoms with Crippen LogP contribution in [0.1, 0.15) is 18.1 Å². The SMILES string of the molecule is CN[C@@H]1Cc2c[nH]c3c(Cl)ccc(c23)[C@@]12C=C(C)C(=O)O2. The highest BCUT2D eigenvalue weighted by Gasteiger charge is 2.50. The maximum Gasteiger partial charge on any atom is 0.334 e. The van der Waals surface area contributed by atoms with Gasteiger partial charge in [-0.25, -0.2) is 4.79 Å². The number of ether oxygens (including phenoxy) is 1. The van der Waals surface area contributed by atoms with Crippen LogP contribution in [0, 0.1) is 0 Å². The average Bonchev–Trinajstić information content (AvgIpc) is 3.00. The van der Waals surface area contributed by atoms with Gasteiger partial charge < -0.3 is 15.0 Å². The number of hydrogen-bond donors (Lipinski definition) is 2. The van der Waals surface area contributed by atoms with Gasteiger partial charge in [-0.3, -0.25) is 0 Å². The standard InChI is InChI=1S/C16H15ClN2O2/c1-8-6-16(21-15(8)20)10-3-4-11(17)14-13(10)9(7-19-14)5-12(16)18-2/h3-4,6-7,12,18-19H,5H2,1-2H3/t12-,16+/m1/s1. The van der Waals surface area contributed by atoms with Crippen LogP contribution >= 0.6 is 11.6 Å². The number of carbonyl (C=O) groups excluding carboxylic acids is 1. The topological polar surface area (TPSA) is 54.1 Å². The molecule has 4 rings (SSSR count). The number of aromatic amines is 1. The molecule has 0 unspecified atom stereocenters. The third-order valence-electron chi connectivity index (χ3n) is 4.59. The summed E-state index contributed by atoms with van der Waals surface area (Å²) in [6, 6.07) is 3.83. The van der Waals surface area contributed by atoms with Crippen molar-refractivity contribution in [3.63, 3.8) is 0 Å². The van der Waals surface area contributed by atoms with Crippen LogP contribution in [0.4, 0.5) is 0 Å². The van der Waals surface area contributed by atoms with Gasteiger partial charge in [-0.05, 0) is 38.1 Å². The Morgan fingerprint density at radius 3 is 2.95 bits per heavy atom. The van der Waals surface area contributed by atoms with Crippen molar-refractivity contribution in [1.29, 1.82) is 0 Å². The molecule has 1 spiro atoms. The van der Waals surface area contributed by atoms with E-state index < -0.39 is 5.60 Å². The number of fused-ring (bicyclic) bond motifs is 1. The van der Waals surface area contributed by atoms with Crippen LogP contribution in [-0.2, 0) is 21.6 Å².